The third-order valence-electron chi connectivity index (χ3n) is 2.26. The van der Waals surface area contributed by atoms with Gasteiger partial charge >= 0.3 is 6.18 Å². The highest BCUT2D eigenvalue weighted by atomic mass is 32.2. The molecule has 0 amide bonds. The number of hydrogen-bond acceptors (Lipinski definition) is 2. The van der Waals surface area contributed by atoms with E-state index < -0.39 is 11.7 Å². The van der Waals surface area contributed by atoms with Gasteiger partial charge in [0.1, 0.15) is 0 Å². The van der Waals surface area contributed by atoms with Crippen LogP contribution in [0, 0.1) is 6.92 Å². The van der Waals surface area contributed by atoms with Crippen LogP contribution in [-0.2, 0) is 11.0 Å². The van der Waals surface area contributed by atoms with Gasteiger partial charge in [-0.05, 0) is 24.1 Å². The van der Waals surface area contributed by atoms with Crippen LogP contribution < -0.4 is 0 Å². The molecule has 0 heterocycles. The fourth-order valence-electron chi connectivity index (χ4n) is 1.40. The Bertz CT molecular complexity index is 464. The molecule has 5 heteroatoms. The van der Waals surface area contributed by atoms with Crippen molar-refractivity contribution in [3.8, 4) is 0 Å². The lowest BCUT2D eigenvalue weighted by Crippen LogP contribution is -2.07. The maximum Gasteiger partial charge on any atom is 0.416 e. The fourth-order valence-corrected chi connectivity index (χ4v) is 1.83. The number of carbonyl (C=O) groups excluding carboxylic acids is 1. The third-order valence-corrected chi connectivity index (χ3v) is 3.03. The topological polar surface area (TPSA) is 17.1 Å². The van der Waals surface area contributed by atoms with Crippen molar-refractivity contribution in [2.75, 3.05) is 5.75 Å². The van der Waals surface area contributed by atoms with Gasteiger partial charge in [-0.25, -0.2) is 0 Å². The van der Waals surface area contributed by atoms with Crippen molar-refractivity contribution in [1.29, 1.82) is 0 Å². The van der Waals surface area contributed by atoms with E-state index >= 15 is 0 Å². The van der Waals surface area contributed by atoms with Crippen molar-refractivity contribution in [2.45, 2.75) is 20.0 Å². The van der Waals surface area contributed by atoms with Gasteiger partial charge in [-0.2, -0.15) is 13.2 Å². The molecule has 0 atom stereocenters. The van der Waals surface area contributed by atoms with Gasteiger partial charge in [0.15, 0.2) is 5.12 Å². The number of halogens is 3. The molecular weight excluding hydrogens is 261 g/mol. The van der Waals surface area contributed by atoms with Gasteiger partial charge in [0.05, 0.1) is 5.56 Å². The molecule has 0 unspecified atom stereocenters. The van der Waals surface area contributed by atoms with Crippen LogP contribution in [0.1, 0.15) is 23.6 Å². The van der Waals surface area contributed by atoms with Crippen molar-refractivity contribution in [1.82, 2.24) is 0 Å². The second-order valence-corrected chi connectivity index (χ2v) is 4.97. The summed E-state index contributed by atoms with van der Waals surface area (Å²) in [6.45, 7) is 2.88. The van der Waals surface area contributed by atoms with Crippen LogP contribution in [0.25, 0.3) is 6.08 Å². The van der Waals surface area contributed by atoms with Crippen LogP contribution in [0.4, 0.5) is 13.2 Å². The molecule has 1 aromatic rings. The Morgan fingerprint density at radius 3 is 2.61 bits per heavy atom. The Labute approximate surface area is 108 Å². The summed E-state index contributed by atoms with van der Waals surface area (Å²) in [6.07, 6.45) is -1.07. The fraction of sp³-hybridized carbons (Fsp3) is 0.308. The van der Waals surface area contributed by atoms with E-state index in [9.17, 15) is 18.0 Å². The minimum absolute atomic E-state index is 0.0143. The van der Waals surface area contributed by atoms with Gasteiger partial charge in [0, 0.05) is 12.7 Å². The molecule has 0 aliphatic rings. The van der Waals surface area contributed by atoms with Gasteiger partial charge in [-0.15, -0.1) is 0 Å². The zero-order valence-corrected chi connectivity index (χ0v) is 10.9. The monoisotopic (exact) mass is 274 g/mol. The molecule has 1 rings (SSSR count). The first-order valence-electron chi connectivity index (χ1n) is 5.28. The summed E-state index contributed by atoms with van der Waals surface area (Å²) in [5.41, 5.74) is 0.0682. The zero-order chi connectivity index (χ0) is 13.8. The quantitative estimate of drug-likeness (QED) is 0.817. The molecule has 98 valence electrons. The predicted molar refractivity (Wildman–Crippen MR) is 68.4 cm³/mol. The van der Waals surface area contributed by atoms with Crippen LogP contribution in [-0.4, -0.2) is 10.9 Å². The van der Waals surface area contributed by atoms with E-state index in [2.05, 4.69) is 0 Å². The van der Waals surface area contributed by atoms with Crippen molar-refractivity contribution < 1.29 is 18.0 Å². The largest absolute Gasteiger partial charge is 0.416 e. The minimum Gasteiger partial charge on any atom is -0.288 e. The van der Waals surface area contributed by atoms with Crippen LogP contribution in [0.2, 0.25) is 0 Å². The summed E-state index contributed by atoms with van der Waals surface area (Å²) in [5, 5.41) is -0.0143. The highest BCUT2D eigenvalue weighted by Gasteiger charge is 2.32. The molecule has 1 aromatic carbocycles. The first-order valence-corrected chi connectivity index (χ1v) is 6.27. The number of rotatable bonds is 3. The highest BCUT2D eigenvalue weighted by Crippen LogP contribution is 2.32. The molecule has 0 bridgehead atoms. The Balaban J connectivity index is 2.83. The lowest BCUT2D eigenvalue weighted by molar-refractivity contribution is -0.138. The maximum atomic E-state index is 12.7. The van der Waals surface area contributed by atoms with Crippen LogP contribution in [0.15, 0.2) is 24.3 Å². The Kier molecular flexibility index (Phi) is 5.02. The molecule has 1 nitrogen and oxygen atoms in total. The number of benzene rings is 1. The number of hydrogen-bond donors (Lipinski definition) is 0. The third kappa shape index (κ3) is 4.56. The minimum atomic E-state index is -4.33. The molecule has 18 heavy (non-hydrogen) atoms. The average molecular weight is 274 g/mol. The van der Waals surface area contributed by atoms with Crippen molar-refractivity contribution in [2.24, 2.45) is 0 Å². The van der Waals surface area contributed by atoms with E-state index in [0.29, 0.717) is 11.3 Å². The molecule has 0 saturated carbocycles. The molecule has 0 spiro atoms. The number of thioether (sulfide) groups is 1. The molecule has 0 aromatic heterocycles. The van der Waals surface area contributed by atoms with Crippen molar-refractivity contribution >= 4 is 23.0 Å². The summed E-state index contributed by atoms with van der Waals surface area (Å²) in [4.78, 5) is 10.7. The second kappa shape index (κ2) is 6.09. The van der Waals surface area contributed by atoms with E-state index in [1.54, 1.807) is 18.2 Å². The van der Waals surface area contributed by atoms with E-state index in [-0.39, 0.29) is 10.7 Å². The van der Waals surface area contributed by atoms with Gasteiger partial charge in [-0.1, -0.05) is 36.0 Å². The van der Waals surface area contributed by atoms with Crippen molar-refractivity contribution in [3.05, 3.63) is 41.0 Å². The highest BCUT2D eigenvalue weighted by molar-refractivity contribution is 8.13. The summed E-state index contributed by atoms with van der Waals surface area (Å²) >= 11 is 1.12. The summed E-state index contributed by atoms with van der Waals surface area (Å²) in [6, 6.07) is 4.18. The predicted octanol–water partition coefficient (Wildman–Crippen LogP) is 4.31. The van der Waals surface area contributed by atoms with E-state index in [4.69, 9.17) is 0 Å². The van der Waals surface area contributed by atoms with Gasteiger partial charge in [-0.3, -0.25) is 4.79 Å². The van der Waals surface area contributed by atoms with E-state index in [1.165, 1.54) is 19.9 Å². The van der Waals surface area contributed by atoms with E-state index in [1.807, 2.05) is 0 Å². The average Bonchev–Trinajstić information content (AvgIpc) is 2.24. The molecule has 0 saturated heterocycles. The molecular formula is C13H13F3OS. The zero-order valence-electron chi connectivity index (χ0n) is 10.0. The van der Waals surface area contributed by atoms with Crippen LogP contribution >= 0.6 is 11.8 Å². The van der Waals surface area contributed by atoms with Crippen LogP contribution in [0.3, 0.4) is 0 Å². The molecule has 0 aliphatic heterocycles. The second-order valence-electron chi connectivity index (χ2n) is 3.78. The lowest BCUT2D eigenvalue weighted by atomic mass is 10.0. The normalized spacial score (nSPS) is 12.1. The Hall–Kier alpha value is -1.23. The number of carbonyl (C=O) groups is 1. The molecule has 0 N–H and O–H groups in total. The van der Waals surface area contributed by atoms with Gasteiger partial charge < -0.3 is 0 Å². The van der Waals surface area contributed by atoms with Gasteiger partial charge in [0.2, 0.25) is 0 Å². The smallest absolute Gasteiger partial charge is 0.288 e. The van der Waals surface area contributed by atoms with E-state index in [0.717, 1.165) is 17.8 Å². The van der Waals surface area contributed by atoms with Crippen molar-refractivity contribution in [3.63, 3.8) is 0 Å². The number of alkyl halides is 3. The van der Waals surface area contributed by atoms with Gasteiger partial charge in [0.25, 0.3) is 0 Å². The SMILES string of the molecule is CC(=O)SCC=Cc1ccc(C)c(C(F)(F)F)c1. The molecule has 0 radical (unpaired) electrons. The molecule has 0 fully saturated rings. The Morgan fingerprint density at radius 2 is 2.06 bits per heavy atom. The lowest BCUT2D eigenvalue weighted by Gasteiger charge is -2.10. The molecule has 0 aliphatic carbocycles. The first kappa shape index (κ1) is 14.8. The first-order chi connectivity index (χ1) is 8.30. The summed E-state index contributed by atoms with van der Waals surface area (Å²) < 4.78 is 38.0. The standard InChI is InChI=1S/C13H13F3OS/c1-9-5-6-11(4-3-7-18-10(2)17)8-12(9)13(14,15)16/h3-6,8H,7H2,1-2H3. The summed E-state index contributed by atoms with van der Waals surface area (Å²) in [7, 11) is 0. The Morgan fingerprint density at radius 1 is 1.39 bits per heavy atom. The summed E-state index contributed by atoms with van der Waals surface area (Å²) in [5.74, 6) is 0.463. The maximum absolute atomic E-state index is 12.7. The number of aryl methyl sites for hydroxylation is 1. The van der Waals surface area contributed by atoms with Crippen LogP contribution in [0.5, 0.6) is 0 Å².